The molecule has 0 N–H and O–H groups in total. The van der Waals surface area contributed by atoms with Crippen LogP contribution in [0, 0.1) is 0 Å². The van der Waals surface area contributed by atoms with Crippen LogP contribution in [0.1, 0.15) is 136 Å². The van der Waals surface area contributed by atoms with Gasteiger partial charge in [0.15, 0.2) is 5.78 Å². The molecule has 0 aromatic heterocycles. The smallest absolute Gasteiger partial charge is 0.162 e. The van der Waals surface area contributed by atoms with Gasteiger partial charge in [0.2, 0.25) is 0 Å². The molecule has 0 bridgehead atoms. The first-order valence-electron chi connectivity index (χ1n) is 12.7. The highest BCUT2D eigenvalue weighted by Crippen LogP contribution is 2.20. The molecule has 1 unspecified atom stereocenters. The Morgan fingerprint density at radius 1 is 0.793 bits per heavy atom. The quantitative estimate of drug-likeness (QED) is 0.159. The Balaban J connectivity index is 1.75. The van der Waals surface area contributed by atoms with Gasteiger partial charge in [0.1, 0.15) is 6.10 Å². The fourth-order valence-corrected chi connectivity index (χ4v) is 4.16. The molecule has 0 fully saturated rings. The van der Waals surface area contributed by atoms with Gasteiger partial charge in [0.25, 0.3) is 0 Å². The van der Waals surface area contributed by atoms with E-state index in [1.807, 2.05) is 6.92 Å². The molecule has 0 aromatic rings. The number of hydrogen-bond donors (Lipinski definition) is 0. The number of unbranched alkanes of at least 4 members (excludes halogenated alkanes) is 15. The molecule has 1 atom stereocenters. The van der Waals surface area contributed by atoms with Crippen molar-refractivity contribution in [2.75, 3.05) is 0 Å². The Morgan fingerprint density at radius 3 is 1.79 bits per heavy atom. The third-order valence-corrected chi connectivity index (χ3v) is 5.93. The fraction of sp³-hybridized carbons (Fsp3) is 0.815. The molecule has 2 nitrogen and oxygen atoms in total. The molecule has 2 heteroatoms. The molecule has 1 aliphatic rings. The van der Waals surface area contributed by atoms with E-state index in [9.17, 15) is 4.79 Å². The minimum atomic E-state index is 0.132. The molecule has 168 valence electrons. The van der Waals surface area contributed by atoms with E-state index in [4.69, 9.17) is 4.74 Å². The summed E-state index contributed by atoms with van der Waals surface area (Å²) in [5.74, 6) is 1.02. The molecule has 29 heavy (non-hydrogen) atoms. The van der Waals surface area contributed by atoms with Crippen molar-refractivity contribution in [1.82, 2.24) is 0 Å². The van der Waals surface area contributed by atoms with E-state index in [1.165, 1.54) is 109 Å². The summed E-state index contributed by atoms with van der Waals surface area (Å²) in [7, 11) is 0. The number of allylic oxidation sites excluding steroid dienone is 4. The van der Waals surface area contributed by atoms with Crippen molar-refractivity contribution in [1.29, 1.82) is 0 Å². The summed E-state index contributed by atoms with van der Waals surface area (Å²) in [5.41, 5.74) is 0. The second kappa shape index (κ2) is 18.9. The van der Waals surface area contributed by atoms with Crippen LogP contribution >= 0.6 is 0 Å². The highest BCUT2D eigenvalue weighted by molar-refractivity contribution is 5.91. The summed E-state index contributed by atoms with van der Waals surface area (Å²) in [6.45, 7) is 4.17. The van der Waals surface area contributed by atoms with Gasteiger partial charge in [-0.1, -0.05) is 96.1 Å². The molecule has 0 aromatic carbocycles. The topological polar surface area (TPSA) is 26.3 Å². The van der Waals surface area contributed by atoms with Crippen molar-refractivity contribution in [2.24, 2.45) is 0 Å². The van der Waals surface area contributed by atoms with Crippen LogP contribution in [-0.2, 0) is 9.53 Å². The highest BCUT2D eigenvalue weighted by atomic mass is 16.5. The van der Waals surface area contributed by atoms with E-state index in [0.717, 1.165) is 12.2 Å². The second-order valence-corrected chi connectivity index (χ2v) is 8.95. The van der Waals surface area contributed by atoms with Crippen LogP contribution in [0.25, 0.3) is 0 Å². The lowest BCUT2D eigenvalue weighted by Crippen LogP contribution is -2.21. The van der Waals surface area contributed by atoms with Crippen molar-refractivity contribution >= 4 is 5.78 Å². The molecule has 0 amide bonds. The summed E-state index contributed by atoms with van der Waals surface area (Å²) >= 11 is 0. The Kier molecular flexibility index (Phi) is 17.0. The molecule has 1 rings (SSSR count). The average Bonchev–Trinajstić information content (AvgIpc) is 2.69. The number of hydrogen-bond acceptors (Lipinski definition) is 2. The maximum absolute atomic E-state index is 11.5. The number of ether oxygens (including phenoxy) is 1. The van der Waals surface area contributed by atoms with Crippen LogP contribution in [0.4, 0.5) is 0 Å². The van der Waals surface area contributed by atoms with Gasteiger partial charge < -0.3 is 4.74 Å². The van der Waals surface area contributed by atoms with E-state index in [-0.39, 0.29) is 11.9 Å². The predicted molar refractivity (Wildman–Crippen MR) is 126 cm³/mol. The third-order valence-electron chi connectivity index (χ3n) is 5.93. The first kappa shape index (κ1) is 26.0. The Labute approximate surface area is 181 Å². The standard InChI is InChI=1S/C27H48O2/c1-3-4-5-6-7-8-9-10-11-12-13-14-15-16-17-18-19-20-21-22-27-24-26(28)23-25(2)29-27/h10-11,23,27H,3-9,12-22,24H2,1-2H3/b11-10+. The number of carbonyl (C=O) groups is 1. The molecule has 1 heterocycles. The van der Waals surface area contributed by atoms with E-state index in [2.05, 4.69) is 19.1 Å². The van der Waals surface area contributed by atoms with E-state index < -0.39 is 0 Å². The molecular formula is C27H48O2. The SMILES string of the molecule is CCCCCCCC/C=C/CCCCCCCCCCCC1CC(=O)C=C(C)O1. The van der Waals surface area contributed by atoms with E-state index in [1.54, 1.807) is 6.08 Å². The summed E-state index contributed by atoms with van der Waals surface area (Å²) in [6.07, 6.45) is 31.2. The van der Waals surface area contributed by atoms with Crippen LogP contribution in [0.3, 0.4) is 0 Å². The lowest BCUT2D eigenvalue weighted by atomic mass is 10.0. The maximum atomic E-state index is 11.5. The van der Waals surface area contributed by atoms with Gasteiger partial charge in [-0.3, -0.25) is 4.79 Å². The zero-order chi connectivity index (χ0) is 21.0. The van der Waals surface area contributed by atoms with Gasteiger partial charge in [-0.2, -0.15) is 0 Å². The lowest BCUT2D eigenvalue weighted by molar-refractivity contribution is -0.118. The monoisotopic (exact) mass is 404 g/mol. The van der Waals surface area contributed by atoms with Crippen molar-refractivity contribution in [3.05, 3.63) is 24.0 Å². The number of carbonyl (C=O) groups excluding carboxylic acids is 1. The van der Waals surface area contributed by atoms with E-state index in [0.29, 0.717) is 6.42 Å². The Hall–Kier alpha value is -1.05. The first-order valence-corrected chi connectivity index (χ1v) is 12.7. The minimum Gasteiger partial charge on any atom is -0.494 e. The average molecular weight is 405 g/mol. The minimum absolute atomic E-state index is 0.132. The lowest BCUT2D eigenvalue weighted by Gasteiger charge is -2.22. The van der Waals surface area contributed by atoms with Gasteiger partial charge >= 0.3 is 0 Å². The van der Waals surface area contributed by atoms with Crippen molar-refractivity contribution < 1.29 is 9.53 Å². The summed E-state index contributed by atoms with van der Waals surface area (Å²) in [6, 6.07) is 0. The molecule has 0 aliphatic carbocycles. The van der Waals surface area contributed by atoms with Gasteiger partial charge in [-0.05, 0) is 45.4 Å². The van der Waals surface area contributed by atoms with Crippen LogP contribution in [0.2, 0.25) is 0 Å². The number of ketones is 1. The van der Waals surface area contributed by atoms with Crippen LogP contribution < -0.4 is 0 Å². The Bertz CT molecular complexity index is 449. The molecule has 1 aliphatic heterocycles. The highest BCUT2D eigenvalue weighted by Gasteiger charge is 2.18. The van der Waals surface area contributed by atoms with Crippen LogP contribution in [-0.4, -0.2) is 11.9 Å². The van der Waals surface area contributed by atoms with Crippen molar-refractivity contribution in [3.8, 4) is 0 Å². The summed E-state index contributed by atoms with van der Waals surface area (Å²) < 4.78 is 5.73. The normalized spacial score (nSPS) is 17.0. The molecule has 0 saturated carbocycles. The molecular weight excluding hydrogens is 356 g/mol. The maximum Gasteiger partial charge on any atom is 0.162 e. The van der Waals surface area contributed by atoms with Crippen molar-refractivity contribution in [3.63, 3.8) is 0 Å². The zero-order valence-electron chi connectivity index (χ0n) is 19.6. The summed E-state index contributed by atoms with van der Waals surface area (Å²) in [5, 5.41) is 0. The Morgan fingerprint density at radius 2 is 1.28 bits per heavy atom. The molecule has 0 radical (unpaired) electrons. The van der Waals surface area contributed by atoms with Crippen molar-refractivity contribution in [2.45, 2.75) is 142 Å². The van der Waals surface area contributed by atoms with Gasteiger partial charge in [0.05, 0.1) is 5.76 Å². The van der Waals surface area contributed by atoms with E-state index >= 15 is 0 Å². The zero-order valence-corrected chi connectivity index (χ0v) is 19.6. The summed E-state index contributed by atoms with van der Waals surface area (Å²) in [4.78, 5) is 11.5. The molecule has 0 saturated heterocycles. The number of rotatable bonds is 19. The third kappa shape index (κ3) is 16.4. The largest absolute Gasteiger partial charge is 0.494 e. The van der Waals surface area contributed by atoms with Crippen LogP contribution in [0.15, 0.2) is 24.0 Å². The molecule has 0 spiro atoms. The van der Waals surface area contributed by atoms with Gasteiger partial charge in [0, 0.05) is 12.5 Å². The second-order valence-electron chi connectivity index (χ2n) is 8.95. The fourth-order valence-electron chi connectivity index (χ4n) is 4.16. The van der Waals surface area contributed by atoms with Crippen LogP contribution in [0.5, 0.6) is 0 Å². The first-order chi connectivity index (χ1) is 14.2. The van der Waals surface area contributed by atoms with Gasteiger partial charge in [-0.15, -0.1) is 0 Å². The predicted octanol–water partition coefficient (Wildman–Crippen LogP) is 8.85. The van der Waals surface area contributed by atoms with Gasteiger partial charge in [-0.25, -0.2) is 0 Å².